The van der Waals surface area contributed by atoms with E-state index in [2.05, 4.69) is 5.32 Å². The quantitative estimate of drug-likeness (QED) is 0.545. The van der Waals surface area contributed by atoms with E-state index in [4.69, 9.17) is 0 Å². The van der Waals surface area contributed by atoms with Gasteiger partial charge in [0.15, 0.2) is 0 Å². The van der Waals surface area contributed by atoms with Crippen LogP contribution in [0.1, 0.15) is 38.7 Å². The molecule has 3 aromatic rings. The molecule has 0 aromatic heterocycles. The number of aryl methyl sites for hydroxylation is 1. The van der Waals surface area contributed by atoms with Crippen LogP contribution < -0.4 is 5.32 Å². The van der Waals surface area contributed by atoms with E-state index in [-0.39, 0.29) is 0 Å². The summed E-state index contributed by atoms with van der Waals surface area (Å²) < 4.78 is 54.4. The maximum atomic E-state index is 13.6. The lowest BCUT2D eigenvalue weighted by molar-refractivity contribution is -0.138. The Morgan fingerprint density at radius 3 is 2.41 bits per heavy atom. The van der Waals surface area contributed by atoms with Gasteiger partial charge in [0.25, 0.3) is 5.91 Å². The van der Waals surface area contributed by atoms with Crippen molar-refractivity contribution in [2.45, 2.75) is 19.1 Å². The molecule has 0 fully saturated rings. The maximum absolute atomic E-state index is 13.6. The molecular weight excluding hydrogens is 424 g/mol. The van der Waals surface area contributed by atoms with Gasteiger partial charge in [0.05, 0.1) is 17.2 Å². The molecule has 0 saturated carbocycles. The molecule has 32 heavy (non-hydrogen) atoms. The van der Waals surface area contributed by atoms with Crippen molar-refractivity contribution in [3.63, 3.8) is 0 Å². The summed E-state index contributed by atoms with van der Waals surface area (Å²) in [7, 11) is 0. The molecule has 2 amide bonds. The van der Waals surface area contributed by atoms with E-state index in [1.807, 2.05) is 6.92 Å². The Morgan fingerprint density at radius 2 is 1.72 bits per heavy atom. The minimum atomic E-state index is -4.75. The number of rotatable bonds is 2. The van der Waals surface area contributed by atoms with E-state index in [9.17, 15) is 27.2 Å². The number of anilines is 1. The number of benzene rings is 3. The van der Waals surface area contributed by atoms with Crippen molar-refractivity contribution in [1.29, 1.82) is 0 Å². The second kappa shape index (κ2) is 8.11. The molecule has 1 aliphatic heterocycles. The highest BCUT2D eigenvalue weighted by molar-refractivity contribution is 6.02. The molecule has 0 bridgehead atoms. The predicted molar refractivity (Wildman–Crippen MR) is 111 cm³/mol. The van der Waals surface area contributed by atoms with Gasteiger partial charge >= 0.3 is 6.18 Å². The predicted octanol–water partition coefficient (Wildman–Crippen LogP) is 5.34. The van der Waals surface area contributed by atoms with E-state index in [1.54, 1.807) is 18.2 Å². The van der Waals surface area contributed by atoms with Crippen molar-refractivity contribution < 1.29 is 27.2 Å². The highest BCUT2D eigenvalue weighted by Crippen LogP contribution is 2.39. The first-order valence-electron chi connectivity index (χ1n) is 9.78. The van der Waals surface area contributed by atoms with Crippen LogP contribution in [0, 0.1) is 12.7 Å². The van der Waals surface area contributed by atoms with Crippen LogP contribution in [0.3, 0.4) is 0 Å². The number of fused-ring (bicyclic) bond motifs is 1. The van der Waals surface area contributed by atoms with Gasteiger partial charge in [-0.2, -0.15) is 13.2 Å². The van der Waals surface area contributed by atoms with Gasteiger partial charge in [-0.1, -0.05) is 42.0 Å². The van der Waals surface area contributed by atoms with Gasteiger partial charge in [-0.3, -0.25) is 9.59 Å². The van der Waals surface area contributed by atoms with Crippen LogP contribution in [0.25, 0.3) is 0 Å². The molecule has 1 N–H and O–H groups in total. The van der Waals surface area contributed by atoms with Crippen LogP contribution in [-0.4, -0.2) is 23.3 Å². The molecule has 0 unspecified atom stereocenters. The molecular formula is C24H18F4N2O2. The summed E-state index contributed by atoms with van der Waals surface area (Å²) in [5, 5.41) is 2.71. The molecule has 164 valence electrons. The summed E-state index contributed by atoms with van der Waals surface area (Å²) in [4.78, 5) is 27.2. The summed E-state index contributed by atoms with van der Waals surface area (Å²) in [6.07, 6.45) is -4.75. The number of amides is 2. The number of nitrogens with zero attached hydrogens (tertiary/aromatic N) is 1. The first-order valence-corrected chi connectivity index (χ1v) is 9.78. The van der Waals surface area contributed by atoms with E-state index >= 15 is 0 Å². The first kappa shape index (κ1) is 21.5. The third-order valence-electron chi connectivity index (χ3n) is 5.31. The van der Waals surface area contributed by atoms with Gasteiger partial charge in [0.2, 0.25) is 5.91 Å². The van der Waals surface area contributed by atoms with Crippen LogP contribution in [0.5, 0.6) is 0 Å². The number of hydrogen-bond acceptors (Lipinski definition) is 2. The largest absolute Gasteiger partial charge is 0.417 e. The Labute approximate surface area is 181 Å². The molecule has 1 heterocycles. The molecule has 3 aromatic carbocycles. The number of halogens is 4. The zero-order valence-electron chi connectivity index (χ0n) is 16.9. The maximum Gasteiger partial charge on any atom is 0.417 e. The Kier molecular flexibility index (Phi) is 5.46. The van der Waals surface area contributed by atoms with Gasteiger partial charge < -0.3 is 10.2 Å². The lowest BCUT2D eigenvalue weighted by Crippen LogP contribution is -2.39. The minimum absolute atomic E-state index is 0.439. The van der Waals surface area contributed by atoms with Crippen molar-refractivity contribution in [1.82, 2.24) is 4.90 Å². The van der Waals surface area contributed by atoms with E-state index in [0.29, 0.717) is 16.8 Å². The number of carbonyl (C=O) groups excluding carboxylic acids is 2. The van der Waals surface area contributed by atoms with Gasteiger partial charge in [-0.25, -0.2) is 4.39 Å². The van der Waals surface area contributed by atoms with Crippen molar-refractivity contribution in [3.8, 4) is 0 Å². The Bertz CT molecular complexity index is 1190. The molecule has 0 spiro atoms. The molecule has 0 aliphatic carbocycles. The summed E-state index contributed by atoms with van der Waals surface area (Å²) in [5.74, 6) is -1.99. The second-order valence-corrected chi connectivity index (χ2v) is 7.57. The fourth-order valence-corrected chi connectivity index (χ4v) is 3.89. The van der Waals surface area contributed by atoms with Crippen LogP contribution in [0.4, 0.5) is 23.2 Å². The highest BCUT2D eigenvalue weighted by Gasteiger charge is 2.39. The topological polar surface area (TPSA) is 49.4 Å². The SMILES string of the molecule is Cc1ccc2c(c1)[C@H](c1ccc(F)cc1)N(C(=O)c1ccccc1C(F)(F)F)CC(=O)N2. The van der Waals surface area contributed by atoms with Gasteiger partial charge in [-0.05, 0) is 42.8 Å². The third-order valence-corrected chi connectivity index (χ3v) is 5.31. The molecule has 8 heteroatoms. The third kappa shape index (κ3) is 4.08. The van der Waals surface area contributed by atoms with Crippen molar-refractivity contribution in [3.05, 3.63) is 100 Å². The van der Waals surface area contributed by atoms with Gasteiger partial charge in [0.1, 0.15) is 12.4 Å². The highest BCUT2D eigenvalue weighted by atomic mass is 19.4. The molecule has 0 radical (unpaired) electrons. The lowest BCUT2D eigenvalue weighted by atomic mass is 9.93. The standard InChI is InChI=1S/C24H18F4N2O2/c1-14-6-11-20-18(12-14)22(15-7-9-16(25)10-8-15)30(13-21(31)29-20)23(32)17-4-2-3-5-19(17)24(26,27)28/h2-12,22H,13H2,1H3,(H,29,31)/t22-/m0/s1. The smallest absolute Gasteiger partial charge is 0.324 e. The zero-order chi connectivity index (χ0) is 23.0. The van der Waals surface area contributed by atoms with Crippen LogP contribution >= 0.6 is 0 Å². The molecule has 1 atom stereocenters. The molecule has 1 aliphatic rings. The summed E-state index contributed by atoms with van der Waals surface area (Å²) >= 11 is 0. The number of hydrogen-bond donors (Lipinski definition) is 1. The van der Waals surface area contributed by atoms with Crippen LogP contribution in [0.2, 0.25) is 0 Å². The second-order valence-electron chi connectivity index (χ2n) is 7.57. The van der Waals surface area contributed by atoms with Gasteiger partial charge in [0, 0.05) is 11.3 Å². The fraction of sp³-hybridized carbons (Fsp3) is 0.167. The lowest BCUT2D eigenvalue weighted by Gasteiger charge is -2.31. The summed E-state index contributed by atoms with van der Waals surface area (Å²) in [6.45, 7) is 1.35. The van der Waals surface area contributed by atoms with Crippen molar-refractivity contribution in [2.24, 2.45) is 0 Å². The Hall–Kier alpha value is -3.68. The number of nitrogens with one attached hydrogen (secondary N) is 1. The average Bonchev–Trinajstić information content (AvgIpc) is 2.89. The Morgan fingerprint density at radius 1 is 1.03 bits per heavy atom. The normalized spacial score (nSPS) is 16.2. The minimum Gasteiger partial charge on any atom is -0.324 e. The van der Waals surface area contributed by atoms with Crippen LogP contribution in [0.15, 0.2) is 66.7 Å². The summed E-state index contributed by atoms with van der Waals surface area (Å²) in [5.41, 5.74) is 0.616. The summed E-state index contributed by atoms with van der Waals surface area (Å²) in [6, 6.07) is 14.1. The first-order chi connectivity index (χ1) is 15.1. The van der Waals surface area contributed by atoms with Crippen molar-refractivity contribution >= 4 is 17.5 Å². The van der Waals surface area contributed by atoms with E-state index < -0.39 is 47.5 Å². The number of alkyl halides is 3. The van der Waals surface area contributed by atoms with E-state index in [0.717, 1.165) is 22.6 Å². The zero-order valence-corrected chi connectivity index (χ0v) is 16.9. The van der Waals surface area contributed by atoms with E-state index in [1.165, 1.54) is 36.4 Å². The van der Waals surface area contributed by atoms with Crippen LogP contribution in [-0.2, 0) is 11.0 Å². The molecule has 4 nitrogen and oxygen atoms in total. The van der Waals surface area contributed by atoms with Gasteiger partial charge in [-0.15, -0.1) is 0 Å². The van der Waals surface area contributed by atoms with Crippen molar-refractivity contribution in [2.75, 3.05) is 11.9 Å². The fourth-order valence-electron chi connectivity index (χ4n) is 3.89. The monoisotopic (exact) mass is 442 g/mol. The number of carbonyl (C=O) groups is 2. The average molecular weight is 442 g/mol. The molecule has 0 saturated heterocycles. The Balaban J connectivity index is 1.92. The molecule has 4 rings (SSSR count).